The van der Waals surface area contributed by atoms with Crippen LogP contribution in [0.15, 0.2) is 89.7 Å². The average Bonchev–Trinajstić information content (AvgIpc) is 3.09. The van der Waals surface area contributed by atoms with E-state index in [2.05, 4.69) is 127 Å². The number of halogens is 2. The molecule has 0 aliphatic carbocycles. The number of benzene rings is 3. The number of nitrogens with zero attached hydrogens (tertiary/aromatic N) is 4. The highest BCUT2D eigenvalue weighted by molar-refractivity contribution is 14.1. The Bertz CT molecular complexity index is 1240. The van der Waals surface area contributed by atoms with Gasteiger partial charge in [0, 0.05) is 8.87 Å². The molecule has 3 aromatic carbocycles. The SMILES string of the molecule is Cc1nn(-c2ccccc2)c(C)c1P(=Nc1ccc(I)cc1)(c1ccccc1)N(C)C.Cl. The van der Waals surface area contributed by atoms with E-state index >= 15 is 0 Å². The Kier molecular flexibility index (Phi) is 7.99. The van der Waals surface area contributed by atoms with Gasteiger partial charge >= 0.3 is 0 Å². The zero-order valence-electron chi connectivity index (χ0n) is 18.6. The third-order valence-electron chi connectivity index (χ3n) is 5.35. The zero-order valence-corrected chi connectivity index (χ0v) is 22.5. The summed E-state index contributed by atoms with van der Waals surface area (Å²) in [4.78, 5) is 0. The van der Waals surface area contributed by atoms with Gasteiger partial charge in [-0.3, -0.25) is 4.67 Å². The molecule has 4 aromatic rings. The van der Waals surface area contributed by atoms with Crippen LogP contribution in [0.1, 0.15) is 11.4 Å². The molecule has 166 valence electrons. The van der Waals surface area contributed by atoms with Crippen LogP contribution in [0.25, 0.3) is 5.69 Å². The second kappa shape index (κ2) is 10.3. The summed E-state index contributed by atoms with van der Waals surface area (Å²) in [6.45, 7) is 4.26. The molecule has 0 radical (unpaired) electrons. The Morgan fingerprint density at radius 3 is 1.97 bits per heavy atom. The molecule has 0 amide bonds. The van der Waals surface area contributed by atoms with Gasteiger partial charge in [-0.2, -0.15) is 5.10 Å². The van der Waals surface area contributed by atoms with Crippen LogP contribution >= 0.6 is 42.2 Å². The van der Waals surface area contributed by atoms with Crippen molar-refractivity contribution in [2.75, 3.05) is 14.1 Å². The van der Waals surface area contributed by atoms with Crippen LogP contribution in [0, 0.1) is 17.4 Å². The van der Waals surface area contributed by atoms with Crippen molar-refractivity contribution in [2.24, 2.45) is 4.74 Å². The average molecular weight is 577 g/mol. The van der Waals surface area contributed by atoms with Gasteiger partial charge in [-0.05, 0) is 86.9 Å². The van der Waals surface area contributed by atoms with E-state index < -0.39 is 7.21 Å². The second-order valence-corrected chi connectivity index (χ2v) is 12.0. The van der Waals surface area contributed by atoms with Gasteiger partial charge in [0.1, 0.15) is 0 Å². The van der Waals surface area contributed by atoms with Crippen molar-refractivity contribution in [2.45, 2.75) is 13.8 Å². The lowest BCUT2D eigenvalue weighted by Gasteiger charge is -2.32. The standard InChI is InChI=1S/C25H26IN4P.ClH/c1-19-25(20(2)30(27-19)23-11-7-5-8-12-23)31(29(3)4,24-13-9-6-10-14-24)28-22-17-15-21(26)16-18-22;/h5-18H,1-4H3;1H. The van der Waals surface area contributed by atoms with Gasteiger partial charge in [0.25, 0.3) is 0 Å². The Labute approximate surface area is 210 Å². The molecule has 0 bridgehead atoms. The highest BCUT2D eigenvalue weighted by Crippen LogP contribution is 2.53. The third kappa shape index (κ3) is 4.58. The van der Waals surface area contributed by atoms with E-state index in [9.17, 15) is 0 Å². The number of hydrogen-bond donors (Lipinski definition) is 0. The Morgan fingerprint density at radius 1 is 0.844 bits per heavy atom. The van der Waals surface area contributed by atoms with Crippen molar-refractivity contribution < 1.29 is 0 Å². The van der Waals surface area contributed by atoms with Crippen molar-refractivity contribution in [3.63, 3.8) is 0 Å². The highest BCUT2D eigenvalue weighted by Gasteiger charge is 2.34. The van der Waals surface area contributed by atoms with Crippen molar-refractivity contribution >= 4 is 58.5 Å². The van der Waals surface area contributed by atoms with E-state index in [1.54, 1.807) is 0 Å². The molecule has 0 N–H and O–H groups in total. The minimum atomic E-state index is -2.31. The van der Waals surface area contributed by atoms with Crippen LogP contribution in [-0.2, 0) is 0 Å². The monoisotopic (exact) mass is 576 g/mol. The summed E-state index contributed by atoms with van der Waals surface area (Å²) < 4.78 is 11.0. The Balaban J connectivity index is 0.00000289. The number of para-hydroxylation sites is 1. The molecule has 0 aliphatic rings. The fourth-order valence-corrected chi connectivity index (χ4v) is 7.95. The molecule has 0 aliphatic heterocycles. The summed E-state index contributed by atoms with van der Waals surface area (Å²) in [5, 5.41) is 7.40. The lowest BCUT2D eigenvalue weighted by atomic mass is 10.3. The van der Waals surface area contributed by atoms with E-state index in [-0.39, 0.29) is 12.4 Å². The van der Waals surface area contributed by atoms with Gasteiger partial charge < -0.3 is 0 Å². The molecule has 1 atom stereocenters. The van der Waals surface area contributed by atoms with E-state index in [0.717, 1.165) is 22.8 Å². The van der Waals surface area contributed by atoms with Crippen molar-refractivity contribution in [1.82, 2.24) is 14.5 Å². The molecular formula is C25H27ClIN4P. The van der Waals surface area contributed by atoms with Crippen LogP contribution < -0.4 is 10.6 Å². The number of aryl methyl sites for hydroxylation is 1. The maximum absolute atomic E-state index is 5.48. The predicted molar refractivity (Wildman–Crippen MR) is 148 cm³/mol. The minimum absolute atomic E-state index is 0. The third-order valence-corrected chi connectivity index (χ3v) is 10.0. The summed E-state index contributed by atoms with van der Waals surface area (Å²) in [6, 6.07) is 29.4. The quantitative estimate of drug-likeness (QED) is 0.201. The minimum Gasteiger partial charge on any atom is -0.268 e. The van der Waals surface area contributed by atoms with Gasteiger partial charge in [0.2, 0.25) is 0 Å². The van der Waals surface area contributed by atoms with Gasteiger partial charge in [0.05, 0.1) is 35.3 Å². The topological polar surface area (TPSA) is 33.4 Å². The highest BCUT2D eigenvalue weighted by atomic mass is 127. The fourth-order valence-electron chi connectivity index (χ4n) is 3.97. The van der Waals surface area contributed by atoms with Gasteiger partial charge in [-0.25, -0.2) is 9.43 Å². The molecule has 0 saturated heterocycles. The first-order chi connectivity index (χ1) is 14.9. The van der Waals surface area contributed by atoms with Crippen LogP contribution in [0.4, 0.5) is 5.69 Å². The fraction of sp³-hybridized carbons (Fsp3) is 0.160. The maximum Gasteiger partial charge on any atom is 0.0981 e. The van der Waals surface area contributed by atoms with Gasteiger partial charge in [-0.1, -0.05) is 48.5 Å². The lowest BCUT2D eigenvalue weighted by molar-refractivity contribution is 0.681. The summed E-state index contributed by atoms with van der Waals surface area (Å²) in [6.07, 6.45) is 0. The lowest BCUT2D eigenvalue weighted by Crippen LogP contribution is -2.29. The molecule has 7 heteroatoms. The number of hydrogen-bond acceptors (Lipinski definition) is 2. The molecule has 1 heterocycles. The molecule has 1 aromatic heterocycles. The maximum atomic E-state index is 5.48. The van der Waals surface area contributed by atoms with Crippen molar-refractivity contribution in [3.8, 4) is 5.69 Å². The summed E-state index contributed by atoms with van der Waals surface area (Å²) in [5.41, 5.74) is 4.19. The van der Waals surface area contributed by atoms with Gasteiger partial charge in [0.15, 0.2) is 0 Å². The molecule has 0 spiro atoms. The zero-order chi connectivity index (χ0) is 22.0. The number of aromatic nitrogens is 2. The number of rotatable bonds is 5. The molecular weight excluding hydrogens is 550 g/mol. The van der Waals surface area contributed by atoms with Crippen molar-refractivity contribution in [3.05, 3.63) is 99.9 Å². The van der Waals surface area contributed by atoms with Crippen LogP contribution in [0.3, 0.4) is 0 Å². The van der Waals surface area contributed by atoms with Crippen LogP contribution in [-0.4, -0.2) is 28.5 Å². The smallest absolute Gasteiger partial charge is 0.0981 e. The molecule has 32 heavy (non-hydrogen) atoms. The molecule has 4 rings (SSSR count). The molecule has 0 saturated carbocycles. The molecule has 0 fully saturated rings. The molecule has 1 unspecified atom stereocenters. The predicted octanol–water partition coefficient (Wildman–Crippen LogP) is 6.48. The van der Waals surface area contributed by atoms with E-state index in [4.69, 9.17) is 9.84 Å². The van der Waals surface area contributed by atoms with Gasteiger partial charge in [-0.15, -0.1) is 12.4 Å². The van der Waals surface area contributed by atoms with Crippen LogP contribution in [0.5, 0.6) is 0 Å². The Morgan fingerprint density at radius 2 is 1.41 bits per heavy atom. The van der Waals surface area contributed by atoms with Crippen molar-refractivity contribution in [1.29, 1.82) is 0 Å². The summed E-state index contributed by atoms with van der Waals surface area (Å²) >= 11 is 2.33. The van der Waals surface area contributed by atoms with E-state index in [1.807, 2.05) is 18.2 Å². The van der Waals surface area contributed by atoms with E-state index in [1.165, 1.54) is 14.2 Å². The first-order valence-corrected chi connectivity index (χ1v) is 12.9. The second-order valence-electron chi connectivity index (χ2n) is 7.63. The Hall–Kier alpha value is -1.92. The first kappa shape index (κ1) is 24.7. The normalized spacial score (nSPS) is 12.8. The largest absolute Gasteiger partial charge is 0.268 e. The van der Waals surface area contributed by atoms with Crippen LogP contribution in [0.2, 0.25) is 0 Å². The van der Waals surface area contributed by atoms with E-state index in [0.29, 0.717) is 0 Å². The molecule has 4 nitrogen and oxygen atoms in total. The summed E-state index contributed by atoms with van der Waals surface area (Å²) in [7, 11) is 1.96. The summed E-state index contributed by atoms with van der Waals surface area (Å²) in [5.74, 6) is 0. The first-order valence-electron chi connectivity index (χ1n) is 10.2.